The zero-order chi connectivity index (χ0) is 16.7. The second-order valence-electron chi connectivity index (χ2n) is 5.35. The lowest BCUT2D eigenvalue weighted by molar-refractivity contribution is 0.422. The van der Waals surface area contributed by atoms with Crippen LogP contribution in [0.1, 0.15) is 25.3 Å². The molecule has 0 amide bonds. The minimum Gasteiger partial charge on any atom is -0.457 e. The van der Waals surface area contributed by atoms with E-state index < -0.39 is 0 Å². The van der Waals surface area contributed by atoms with Crippen LogP contribution in [0.4, 0.5) is 0 Å². The molecule has 0 N–H and O–H groups in total. The number of benzene rings is 2. The first-order chi connectivity index (χ1) is 11.2. The summed E-state index contributed by atoms with van der Waals surface area (Å²) in [5.41, 5.74) is 1.02. The standard InChI is InChI=1S/C21H22O2/c1-5-11-17(6-2)22-19-14-10-15-20(21(19)16(3)4)23-18-12-8-7-9-13-18/h5-16H,1-2H2,3-4H3/b17-11+. The lowest BCUT2D eigenvalue weighted by Crippen LogP contribution is -2.00. The number of hydrogen-bond acceptors (Lipinski definition) is 2. The molecule has 0 aliphatic rings. The predicted octanol–water partition coefficient (Wildman–Crippen LogP) is 6.24. The summed E-state index contributed by atoms with van der Waals surface area (Å²) < 4.78 is 12.0. The van der Waals surface area contributed by atoms with Gasteiger partial charge < -0.3 is 9.47 Å². The van der Waals surface area contributed by atoms with Crippen molar-refractivity contribution >= 4 is 0 Å². The van der Waals surface area contributed by atoms with Gasteiger partial charge in [0.2, 0.25) is 0 Å². The molecule has 2 aromatic carbocycles. The van der Waals surface area contributed by atoms with Crippen molar-refractivity contribution in [2.75, 3.05) is 0 Å². The number of rotatable bonds is 7. The molecule has 0 heterocycles. The summed E-state index contributed by atoms with van der Waals surface area (Å²) in [4.78, 5) is 0. The van der Waals surface area contributed by atoms with E-state index in [-0.39, 0.29) is 5.92 Å². The second-order valence-corrected chi connectivity index (χ2v) is 5.35. The molecule has 118 valence electrons. The van der Waals surface area contributed by atoms with Gasteiger partial charge in [-0.3, -0.25) is 0 Å². The van der Waals surface area contributed by atoms with Gasteiger partial charge >= 0.3 is 0 Å². The van der Waals surface area contributed by atoms with Crippen LogP contribution in [-0.4, -0.2) is 0 Å². The van der Waals surface area contributed by atoms with Crippen molar-refractivity contribution in [3.05, 3.63) is 91.2 Å². The molecule has 0 spiro atoms. The first-order valence-electron chi connectivity index (χ1n) is 7.64. The van der Waals surface area contributed by atoms with E-state index in [0.717, 1.165) is 22.8 Å². The number of ether oxygens (including phenoxy) is 2. The van der Waals surface area contributed by atoms with E-state index in [4.69, 9.17) is 9.47 Å². The van der Waals surface area contributed by atoms with Gasteiger partial charge in [0, 0.05) is 5.56 Å². The maximum Gasteiger partial charge on any atom is 0.134 e. The van der Waals surface area contributed by atoms with E-state index in [2.05, 4.69) is 27.0 Å². The fourth-order valence-corrected chi connectivity index (χ4v) is 2.27. The summed E-state index contributed by atoms with van der Waals surface area (Å²) in [6.07, 6.45) is 5.12. The molecule has 23 heavy (non-hydrogen) atoms. The summed E-state index contributed by atoms with van der Waals surface area (Å²) in [5, 5.41) is 0. The van der Waals surface area contributed by atoms with Crippen molar-refractivity contribution in [1.82, 2.24) is 0 Å². The van der Waals surface area contributed by atoms with Gasteiger partial charge in [0.1, 0.15) is 23.0 Å². The average molecular weight is 306 g/mol. The Kier molecular flexibility index (Phi) is 5.81. The molecule has 2 heteroatoms. The molecule has 2 rings (SSSR count). The van der Waals surface area contributed by atoms with Crippen molar-refractivity contribution in [1.29, 1.82) is 0 Å². The molecule has 0 fully saturated rings. The molecule has 0 aliphatic heterocycles. The van der Waals surface area contributed by atoms with Gasteiger partial charge in [-0.25, -0.2) is 0 Å². The van der Waals surface area contributed by atoms with E-state index >= 15 is 0 Å². The van der Waals surface area contributed by atoms with Crippen molar-refractivity contribution in [3.8, 4) is 17.2 Å². The van der Waals surface area contributed by atoms with Crippen LogP contribution < -0.4 is 9.47 Å². The van der Waals surface area contributed by atoms with Crippen LogP contribution in [0.25, 0.3) is 0 Å². The van der Waals surface area contributed by atoms with E-state index in [9.17, 15) is 0 Å². The summed E-state index contributed by atoms with van der Waals surface area (Å²) in [7, 11) is 0. The number of allylic oxidation sites excluding steroid dienone is 3. The third kappa shape index (κ3) is 4.36. The Hall–Kier alpha value is -2.74. The molecule has 0 saturated carbocycles. The van der Waals surface area contributed by atoms with Gasteiger partial charge in [0.05, 0.1) is 0 Å². The number of para-hydroxylation sites is 1. The highest BCUT2D eigenvalue weighted by atomic mass is 16.5. The summed E-state index contributed by atoms with van der Waals surface area (Å²) >= 11 is 0. The lowest BCUT2D eigenvalue weighted by atomic mass is 10.0. The zero-order valence-electron chi connectivity index (χ0n) is 13.7. The topological polar surface area (TPSA) is 18.5 Å². The van der Waals surface area contributed by atoms with Crippen LogP contribution in [0.3, 0.4) is 0 Å². The van der Waals surface area contributed by atoms with Crippen molar-refractivity contribution in [2.24, 2.45) is 0 Å². The van der Waals surface area contributed by atoms with Gasteiger partial charge in [0.25, 0.3) is 0 Å². The highest BCUT2D eigenvalue weighted by molar-refractivity contribution is 5.49. The third-order valence-corrected chi connectivity index (χ3v) is 3.29. The fraction of sp³-hybridized carbons (Fsp3) is 0.143. The van der Waals surface area contributed by atoms with E-state index in [1.54, 1.807) is 18.2 Å². The summed E-state index contributed by atoms with van der Waals surface area (Å²) in [6, 6.07) is 15.6. The first-order valence-corrected chi connectivity index (χ1v) is 7.64. The summed E-state index contributed by atoms with van der Waals surface area (Å²) in [6.45, 7) is 11.7. The molecule has 2 aromatic rings. The normalized spacial score (nSPS) is 11.2. The zero-order valence-corrected chi connectivity index (χ0v) is 13.7. The maximum atomic E-state index is 6.04. The molecule has 0 aliphatic carbocycles. The molecule has 2 nitrogen and oxygen atoms in total. The van der Waals surface area contributed by atoms with Crippen LogP contribution in [-0.2, 0) is 0 Å². The Labute approximate surface area is 138 Å². The monoisotopic (exact) mass is 306 g/mol. The van der Waals surface area contributed by atoms with Crippen molar-refractivity contribution in [2.45, 2.75) is 19.8 Å². The van der Waals surface area contributed by atoms with Gasteiger partial charge in [-0.1, -0.05) is 57.3 Å². The Morgan fingerprint density at radius 2 is 1.65 bits per heavy atom. The van der Waals surface area contributed by atoms with Crippen LogP contribution in [0.15, 0.2) is 85.7 Å². The Morgan fingerprint density at radius 1 is 0.957 bits per heavy atom. The van der Waals surface area contributed by atoms with Crippen LogP contribution in [0.5, 0.6) is 17.2 Å². The van der Waals surface area contributed by atoms with E-state index in [1.165, 1.54) is 0 Å². The third-order valence-electron chi connectivity index (χ3n) is 3.29. The van der Waals surface area contributed by atoms with Gasteiger partial charge in [-0.2, -0.15) is 0 Å². The molecule has 0 radical (unpaired) electrons. The Morgan fingerprint density at radius 3 is 2.26 bits per heavy atom. The summed E-state index contributed by atoms with van der Waals surface area (Å²) in [5.74, 6) is 3.27. The highest BCUT2D eigenvalue weighted by Gasteiger charge is 2.16. The molecule has 0 unspecified atom stereocenters. The van der Waals surface area contributed by atoms with E-state index in [0.29, 0.717) is 5.76 Å². The first kappa shape index (κ1) is 16.6. The molecule has 0 aromatic heterocycles. The number of hydrogen-bond donors (Lipinski definition) is 0. The molecular weight excluding hydrogens is 284 g/mol. The predicted molar refractivity (Wildman–Crippen MR) is 96.2 cm³/mol. The van der Waals surface area contributed by atoms with Crippen LogP contribution in [0.2, 0.25) is 0 Å². The highest BCUT2D eigenvalue weighted by Crippen LogP contribution is 2.38. The molecule has 0 saturated heterocycles. The van der Waals surface area contributed by atoms with Crippen molar-refractivity contribution < 1.29 is 9.47 Å². The van der Waals surface area contributed by atoms with E-state index in [1.807, 2.05) is 48.5 Å². The molecule has 0 atom stereocenters. The minimum atomic E-state index is 0.250. The van der Waals surface area contributed by atoms with Gasteiger partial charge in [-0.15, -0.1) is 0 Å². The molecular formula is C21H22O2. The van der Waals surface area contributed by atoms with Gasteiger partial charge in [0.15, 0.2) is 0 Å². The SMILES string of the molecule is C=C/C=C(\C=C)Oc1cccc(Oc2ccccc2)c1C(C)C. The van der Waals surface area contributed by atoms with Crippen molar-refractivity contribution in [3.63, 3.8) is 0 Å². The molecule has 0 bridgehead atoms. The Balaban J connectivity index is 2.40. The lowest BCUT2D eigenvalue weighted by Gasteiger charge is -2.18. The fourth-order valence-electron chi connectivity index (χ4n) is 2.27. The maximum absolute atomic E-state index is 6.04. The largest absolute Gasteiger partial charge is 0.457 e. The minimum absolute atomic E-state index is 0.250. The van der Waals surface area contributed by atoms with Crippen LogP contribution in [0, 0.1) is 0 Å². The van der Waals surface area contributed by atoms with Crippen LogP contribution >= 0.6 is 0 Å². The quantitative estimate of drug-likeness (QED) is 0.445. The Bertz CT molecular complexity index is 697. The second kappa shape index (κ2) is 8.04. The smallest absolute Gasteiger partial charge is 0.134 e. The van der Waals surface area contributed by atoms with Gasteiger partial charge in [-0.05, 0) is 42.3 Å². The average Bonchev–Trinajstić information content (AvgIpc) is 2.55.